The van der Waals surface area contributed by atoms with E-state index in [2.05, 4.69) is 32.2 Å². The summed E-state index contributed by atoms with van der Waals surface area (Å²) in [6, 6.07) is 11.8. The maximum absolute atomic E-state index is 13.4. The van der Waals surface area contributed by atoms with Gasteiger partial charge in [-0.1, -0.05) is 44.6 Å². The molecular formula is C28H33NO5. The van der Waals surface area contributed by atoms with Crippen LogP contribution in [0, 0.1) is 5.41 Å². The zero-order valence-electron chi connectivity index (χ0n) is 20.1. The molecule has 1 saturated carbocycles. The molecule has 0 radical (unpaired) electrons. The SMILES string of the molecule is CC(C)(C)C1=Cc2cc(NC(=O)C3(c4ccc5c(c4)OCCO5)CC3)ccc2C1C[C@H](O)CO. The van der Waals surface area contributed by atoms with Crippen molar-refractivity contribution in [1.82, 2.24) is 0 Å². The Balaban J connectivity index is 1.38. The number of benzene rings is 2. The van der Waals surface area contributed by atoms with Gasteiger partial charge in [0, 0.05) is 11.6 Å². The summed E-state index contributed by atoms with van der Waals surface area (Å²) >= 11 is 0. The van der Waals surface area contributed by atoms with Gasteiger partial charge in [0.05, 0.1) is 18.1 Å². The maximum atomic E-state index is 13.4. The Morgan fingerprint density at radius 1 is 1.12 bits per heavy atom. The summed E-state index contributed by atoms with van der Waals surface area (Å²) in [6.45, 7) is 7.30. The van der Waals surface area contributed by atoms with Crippen molar-refractivity contribution in [2.75, 3.05) is 25.1 Å². The molecule has 2 aromatic carbocycles. The highest BCUT2D eigenvalue weighted by molar-refractivity contribution is 6.01. The molecule has 180 valence electrons. The molecule has 2 atom stereocenters. The van der Waals surface area contributed by atoms with Crippen LogP contribution in [0.2, 0.25) is 0 Å². The zero-order valence-corrected chi connectivity index (χ0v) is 20.1. The lowest BCUT2D eigenvalue weighted by molar-refractivity contribution is -0.118. The summed E-state index contributed by atoms with van der Waals surface area (Å²) in [6.07, 6.45) is 3.50. The van der Waals surface area contributed by atoms with Gasteiger partial charge in [-0.05, 0) is 65.6 Å². The van der Waals surface area contributed by atoms with Crippen LogP contribution in [-0.2, 0) is 10.2 Å². The number of fused-ring (bicyclic) bond motifs is 2. The molecule has 34 heavy (non-hydrogen) atoms. The number of aliphatic hydroxyl groups is 2. The Labute approximate surface area is 200 Å². The Hall–Kier alpha value is -2.83. The molecule has 6 heteroatoms. The number of aliphatic hydroxyl groups excluding tert-OH is 2. The molecule has 1 unspecified atom stereocenters. The predicted molar refractivity (Wildman–Crippen MR) is 131 cm³/mol. The van der Waals surface area contributed by atoms with Crippen LogP contribution in [0.5, 0.6) is 11.5 Å². The smallest absolute Gasteiger partial charge is 0.235 e. The molecule has 0 spiro atoms. The van der Waals surface area contributed by atoms with E-state index in [4.69, 9.17) is 9.47 Å². The quantitative estimate of drug-likeness (QED) is 0.591. The average molecular weight is 464 g/mol. The monoisotopic (exact) mass is 463 g/mol. The van der Waals surface area contributed by atoms with E-state index in [0.29, 0.717) is 25.4 Å². The second-order valence-electron chi connectivity index (χ2n) is 10.7. The van der Waals surface area contributed by atoms with Crippen molar-refractivity contribution in [3.8, 4) is 11.5 Å². The van der Waals surface area contributed by atoms with Gasteiger partial charge in [-0.2, -0.15) is 0 Å². The highest BCUT2D eigenvalue weighted by Gasteiger charge is 2.51. The Morgan fingerprint density at radius 2 is 1.85 bits per heavy atom. The first-order valence-electron chi connectivity index (χ1n) is 12.1. The van der Waals surface area contributed by atoms with Gasteiger partial charge in [-0.25, -0.2) is 0 Å². The second-order valence-corrected chi connectivity index (χ2v) is 10.7. The summed E-state index contributed by atoms with van der Waals surface area (Å²) in [5.41, 5.74) is 4.54. The topological polar surface area (TPSA) is 88.0 Å². The van der Waals surface area contributed by atoms with Gasteiger partial charge >= 0.3 is 0 Å². The van der Waals surface area contributed by atoms with Crippen LogP contribution >= 0.6 is 0 Å². The second kappa shape index (κ2) is 8.43. The summed E-state index contributed by atoms with van der Waals surface area (Å²) in [4.78, 5) is 13.4. The largest absolute Gasteiger partial charge is 0.486 e. The number of carbonyl (C=O) groups excluding carboxylic acids is 1. The molecule has 2 aliphatic carbocycles. The lowest BCUT2D eigenvalue weighted by Crippen LogP contribution is -2.28. The summed E-state index contributed by atoms with van der Waals surface area (Å²) in [5.74, 6) is 1.48. The van der Waals surface area contributed by atoms with Crippen LogP contribution in [0.1, 0.15) is 62.6 Å². The number of carbonyl (C=O) groups is 1. The third kappa shape index (κ3) is 4.10. The van der Waals surface area contributed by atoms with Gasteiger partial charge < -0.3 is 25.0 Å². The number of allylic oxidation sites excluding steroid dienone is 1. The minimum Gasteiger partial charge on any atom is -0.486 e. The average Bonchev–Trinajstić information content (AvgIpc) is 3.55. The maximum Gasteiger partial charge on any atom is 0.235 e. The molecule has 0 aromatic heterocycles. The Kier molecular flexibility index (Phi) is 5.69. The minimum atomic E-state index is -0.762. The Morgan fingerprint density at radius 3 is 2.53 bits per heavy atom. The van der Waals surface area contributed by atoms with Crippen LogP contribution in [0.4, 0.5) is 5.69 Å². The molecule has 1 amide bonds. The third-order valence-corrected chi connectivity index (χ3v) is 7.27. The van der Waals surface area contributed by atoms with E-state index < -0.39 is 11.5 Å². The number of hydrogen-bond acceptors (Lipinski definition) is 5. The third-order valence-electron chi connectivity index (χ3n) is 7.27. The van der Waals surface area contributed by atoms with Gasteiger partial charge in [0.25, 0.3) is 0 Å². The van der Waals surface area contributed by atoms with Gasteiger partial charge in [0.15, 0.2) is 11.5 Å². The minimum absolute atomic E-state index is 0.00518. The number of hydrogen-bond donors (Lipinski definition) is 3. The van der Waals surface area contributed by atoms with Crippen molar-refractivity contribution in [2.24, 2.45) is 5.41 Å². The van der Waals surface area contributed by atoms with Crippen molar-refractivity contribution in [2.45, 2.75) is 57.5 Å². The van der Waals surface area contributed by atoms with E-state index in [-0.39, 0.29) is 23.8 Å². The van der Waals surface area contributed by atoms with Crippen LogP contribution in [0.3, 0.4) is 0 Å². The fourth-order valence-electron chi connectivity index (χ4n) is 5.23. The number of amides is 1. The molecular weight excluding hydrogens is 430 g/mol. The molecule has 5 rings (SSSR count). The molecule has 1 fully saturated rings. The fraction of sp³-hybridized carbons (Fsp3) is 0.464. The first kappa shape index (κ1) is 22.9. The molecule has 0 bridgehead atoms. The molecule has 1 aliphatic heterocycles. The van der Waals surface area contributed by atoms with Crippen LogP contribution in [0.15, 0.2) is 42.0 Å². The van der Waals surface area contributed by atoms with Crippen molar-refractivity contribution in [3.63, 3.8) is 0 Å². The van der Waals surface area contributed by atoms with Gasteiger partial charge in [-0.15, -0.1) is 0 Å². The normalized spacial score (nSPS) is 20.9. The van der Waals surface area contributed by atoms with Crippen LogP contribution in [-0.4, -0.2) is 42.0 Å². The Bertz CT molecular complexity index is 1140. The highest BCUT2D eigenvalue weighted by Crippen LogP contribution is 2.51. The van der Waals surface area contributed by atoms with E-state index in [1.165, 1.54) is 5.57 Å². The molecule has 1 heterocycles. The molecule has 6 nitrogen and oxygen atoms in total. The molecule has 0 saturated heterocycles. The van der Waals surface area contributed by atoms with Crippen molar-refractivity contribution < 1.29 is 24.5 Å². The van der Waals surface area contributed by atoms with Crippen molar-refractivity contribution >= 4 is 17.7 Å². The summed E-state index contributed by atoms with van der Waals surface area (Å²) < 4.78 is 11.3. The van der Waals surface area contributed by atoms with Crippen LogP contribution in [0.25, 0.3) is 6.08 Å². The fourth-order valence-corrected chi connectivity index (χ4v) is 5.23. The predicted octanol–water partition coefficient (Wildman–Crippen LogP) is 4.40. The van der Waals surface area contributed by atoms with Crippen molar-refractivity contribution in [3.05, 3.63) is 58.7 Å². The first-order valence-corrected chi connectivity index (χ1v) is 12.1. The van der Waals surface area contributed by atoms with Crippen LogP contribution < -0.4 is 14.8 Å². The van der Waals surface area contributed by atoms with Crippen molar-refractivity contribution in [1.29, 1.82) is 0 Å². The standard InChI is InChI=1S/C28H33NO5/c1-27(2,3)23-13-17-12-19(5-6-21(17)22(23)15-20(31)16-30)29-26(32)28(8-9-28)18-4-7-24-25(14-18)34-11-10-33-24/h4-7,12-14,20,22,30-31H,8-11,15-16H2,1-3H3,(H,29,32)/t20-,22?/m0/s1. The van der Waals surface area contributed by atoms with E-state index in [1.54, 1.807) is 0 Å². The molecule has 3 aliphatic rings. The molecule has 2 aromatic rings. The number of nitrogens with one attached hydrogen (secondary N) is 1. The van der Waals surface area contributed by atoms with E-state index >= 15 is 0 Å². The first-order chi connectivity index (χ1) is 16.2. The van der Waals surface area contributed by atoms with E-state index in [0.717, 1.165) is 41.0 Å². The lowest BCUT2D eigenvalue weighted by Gasteiger charge is -2.28. The van der Waals surface area contributed by atoms with Gasteiger partial charge in [-0.3, -0.25) is 4.79 Å². The summed E-state index contributed by atoms with van der Waals surface area (Å²) in [7, 11) is 0. The van der Waals surface area contributed by atoms with Gasteiger partial charge in [0.1, 0.15) is 13.2 Å². The van der Waals surface area contributed by atoms with E-state index in [9.17, 15) is 15.0 Å². The summed E-state index contributed by atoms with van der Waals surface area (Å²) in [5, 5.41) is 22.7. The number of rotatable bonds is 6. The van der Waals surface area contributed by atoms with E-state index in [1.807, 2.05) is 36.4 Å². The molecule has 3 N–H and O–H groups in total. The lowest BCUT2D eigenvalue weighted by atomic mass is 9.77. The van der Waals surface area contributed by atoms with Gasteiger partial charge in [0.2, 0.25) is 5.91 Å². The number of anilines is 1. The highest BCUT2D eigenvalue weighted by atomic mass is 16.6. The number of ether oxygens (including phenoxy) is 2. The zero-order chi connectivity index (χ0) is 24.1.